The van der Waals surface area contributed by atoms with Crippen LogP contribution in [-0.4, -0.2) is 37.7 Å². The summed E-state index contributed by atoms with van der Waals surface area (Å²) in [6, 6.07) is 14.7. The van der Waals surface area contributed by atoms with Crippen LogP contribution in [0.15, 0.2) is 54.9 Å². The van der Waals surface area contributed by atoms with Crippen molar-refractivity contribution >= 4 is 40.8 Å². The number of anilines is 1. The maximum atomic E-state index is 12.1. The Kier molecular flexibility index (Phi) is 9.18. The Morgan fingerprint density at radius 1 is 1.03 bits per heavy atom. The minimum Gasteiger partial charge on any atom is -0.481 e. The Balaban J connectivity index is 1.48. The van der Waals surface area contributed by atoms with E-state index in [1.54, 1.807) is 23.0 Å². The van der Waals surface area contributed by atoms with Gasteiger partial charge in [-0.1, -0.05) is 59.6 Å². The van der Waals surface area contributed by atoms with Crippen LogP contribution in [0, 0.1) is 0 Å². The molecule has 0 aliphatic carbocycles. The van der Waals surface area contributed by atoms with Crippen LogP contribution in [0.25, 0.3) is 0 Å². The van der Waals surface area contributed by atoms with E-state index in [9.17, 15) is 14.7 Å². The first-order valence-corrected chi connectivity index (χ1v) is 12.6. The molecule has 0 radical (unpaired) electrons. The van der Waals surface area contributed by atoms with Gasteiger partial charge < -0.3 is 29.6 Å². The highest BCUT2D eigenvalue weighted by molar-refractivity contribution is 6.40. The van der Waals surface area contributed by atoms with E-state index in [1.165, 1.54) is 0 Å². The zero-order chi connectivity index (χ0) is 26.4. The number of halogens is 2. The third kappa shape index (κ3) is 7.30. The summed E-state index contributed by atoms with van der Waals surface area (Å²) in [4.78, 5) is 26.7. The monoisotopic (exact) mass is 547 g/mol. The molecule has 1 aliphatic heterocycles. The van der Waals surface area contributed by atoms with Crippen LogP contribution in [0.4, 0.5) is 5.69 Å². The third-order valence-corrected chi connectivity index (χ3v) is 6.78. The highest BCUT2D eigenvalue weighted by Crippen LogP contribution is 2.39. The largest absolute Gasteiger partial charge is 0.481 e. The van der Waals surface area contributed by atoms with Gasteiger partial charge in [0.05, 0.1) is 31.7 Å². The first-order chi connectivity index (χ1) is 17.8. The molecule has 2 aromatic carbocycles. The fraction of sp³-hybridized carbons (Fsp3) is 0.346. The van der Waals surface area contributed by atoms with Gasteiger partial charge in [0.15, 0.2) is 11.4 Å². The van der Waals surface area contributed by atoms with Gasteiger partial charge in [0, 0.05) is 30.5 Å². The molecule has 1 fully saturated rings. The summed E-state index contributed by atoms with van der Waals surface area (Å²) in [6.45, 7) is 0.386. The lowest BCUT2D eigenvalue weighted by atomic mass is 10.00. The Hall–Kier alpha value is -2.95. The summed E-state index contributed by atoms with van der Waals surface area (Å²) < 4.78 is 14.3. The lowest BCUT2D eigenvalue weighted by Gasteiger charge is -2.36. The molecule has 11 heteroatoms. The van der Waals surface area contributed by atoms with Crippen molar-refractivity contribution in [3.63, 3.8) is 0 Å². The quantitative estimate of drug-likeness (QED) is 0.321. The summed E-state index contributed by atoms with van der Waals surface area (Å²) in [6.07, 6.45) is 1.26. The molecule has 3 N–H and O–H groups in total. The van der Waals surface area contributed by atoms with Gasteiger partial charge in [0.25, 0.3) is 0 Å². The number of benzene rings is 2. The molecule has 3 atom stereocenters. The molecule has 9 nitrogen and oxygen atoms in total. The second-order valence-electron chi connectivity index (χ2n) is 8.75. The average molecular weight is 548 g/mol. The zero-order valence-corrected chi connectivity index (χ0v) is 21.4. The number of carboxylic acid groups (broad SMARTS) is 1. The van der Waals surface area contributed by atoms with E-state index in [-0.39, 0.29) is 49.1 Å². The molecule has 3 aromatic rings. The number of amides is 1. The lowest BCUT2D eigenvalue weighted by molar-refractivity contribution is -0.252. The van der Waals surface area contributed by atoms with Crippen LogP contribution in [-0.2, 0) is 32.2 Å². The highest BCUT2D eigenvalue weighted by Gasteiger charge is 2.33. The molecule has 196 valence electrons. The van der Waals surface area contributed by atoms with Crippen molar-refractivity contribution in [3.8, 4) is 0 Å². The van der Waals surface area contributed by atoms with E-state index in [4.69, 9.17) is 37.8 Å². The van der Waals surface area contributed by atoms with Gasteiger partial charge in [-0.2, -0.15) is 0 Å². The van der Waals surface area contributed by atoms with Crippen LogP contribution < -0.4 is 5.32 Å². The number of ether oxygens (including phenoxy) is 2. The van der Waals surface area contributed by atoms with E-state index in [0.29, 0.717) is 23.8 Å². The number of aliphatic hydroxyl groups is 1. The van der Waals surface area contributed by atoms with Gasteiger partial charge in [0.1, 0.15) is 5.15 Å². The van der Waals surface area contributed by atoms with Gasteiger partial charge in [-0.3, -0.25) is 9.59 Å². The zero-order valence-electron chi connectivity index (χ0n) is 19.8. The van der Waals surface area contributed by atoms with E-state index < -0.39 is 12.3 Å². The Morgan fingerprint density at radius 3 is 2.35 bits per heavy atom. The van der Waals surface area contributed by atoms with Crippen LogP contribution in [0.3, 0.4) is 0 Å². The van der Waals surface area contributed by atoms with Gasteiger partial charge in [-0.05, 0) is 29.7 Å². The first-order valence-electron chi connectivity index (χ1n) is 11.8. The van der Waals surface area contributed by atoms with Crippen molar-refractivity contribution in [2.45, 2.75) is 57.3 Å². The fourth-order valence-corrected chi connectivity index (χ4v) is 4.38. The van der Waals surface area contributed by atoms with Gasteiger partial charge in [0.2, 0.25) is 5.91 Å². The van der Waals surface area contributed by atoms with Crippen molar-refractivity contribution < 1.29 is 29.3 Å². The molecule has 37 heavy (non-hydrogen) atoms. The van der Waals surface area contributed by atoms with Crippen LogP contribution >= 0.6 is 23.2 Å². The number of carbonyl (C=O) groups excluding carboxylic acids is 1. The summed E-state index contributed by atoms with van der Waals surface area (Å²) >= 11 is 12.3. The molecule has 1 aliphatic rings. The van der Waals surface area contributed by atoms with E-state index in [0.717, 1.165) is 16.7 Å². The number of aromatic nitrogens is 2. The summed E-state index contributed by atoms with van der Waals surface area (Å²) in [5, 5.41) is 21.4. The maximum absolute atomic E-state index is 12.1. The number of imidazole rings is 1. The Labute approximate surface area is 223 Å². The van der Waals surface area contributed by atoms with Crippen molar-refractivity contribution in [1.82, 2.24) is 9.55 Å². The maximum Gasteiger partial charge on any atom is 0.303 e. The normalized spacial score (nSPS) is 19.5. The summed E-state index contributed by atoms with van der Waals surface area (Å²) in [5.41, 5.74) is 3.12. The third-order valence-electron chi connectivity index (χ3n) is 6.01. The molecule has 0 spiro atoms. The Bertz CT molecular complexity index is 1220. The van der Waals surface area contributed by atoms with Gasteiger partial charge >= 0.3 is 5.97 Å². The smallest absolute Gasteiger partial charge is 0.303 e. The number of rotatable bonds is 10. The summed E-state index contributed by atoms with van der Waals surface area (Å²) in [7, 11) is 0. The highest BCUT2D eigenvalue weighted by atomic mass is 35.5. The number of hydrogen-bond acceptors (Lipinski definition) is 6. The van der Waals surface area contributed by atoms with Crippen LogP contribution in [0.2, 0.25) is 10.3 Å². The van der Waals surface area contributed by atoms with E-state index in [2.05, 4.69) is 10.3 Å². The topological polar surface area (TPSA) is 123 Å². The van der Waals surface area contributed by atoms with Crippen molar-refractivity contribution in [1.29, 1.82) is 0 Å². The number of nitrogens with zero attached hydrogens (tertiary/aromatic N) is 2. The standard InChI is InChI=1S/C26H27Cl2N3O6/c27-24-25(28)31(15-29-24)13-20-12-21(17-6-4-16(14-32)5-7-17)37-26(36-20)18-8-10-19(11-9-18)30-22(33)2-1-3-23(34)35/h4-11,15,20-21,26,32H,1-3,12-14H2,(H,30,33)(H,34,35)/t20-,21+,26+/m1/s1. The van der Waals surface area contributed by atoms with Gasteiger partial charge in [-0.25, -0.2) is 4.98 Å². The molecule has 2 heterocycles. The van der Waals surface area contributed by atoms with Crippen LogP contribution in [0.1, 0.15) is 54.8 Å². The van der Waals surface area contributed by atoms with Gasteiger partial charge in [-0.15, -0.1) is 0 Å². The minimum absolute atomic E-state index is 0.0392. The van der Waals surface area contributed by atoms with Crippen LogP contribution in [0.5, 0.6) is 0 Å². The van der Waals surface area contributed by atoms with E-state index >= 15 is 0 Å². The van der Waals surface area contributed by atoms with Crippen molar-refractivity contribution in [2.24, 2.45) is 0 Å². The molecular formula is C26H27Cl2N3O6. The number of carboxylic acids is 1. The molecular weight excluding hydrogens is 521 g/mol. The van der Waals surface area contributed by atoms with Crippen molar-refractivity contribution in [3.05, 3.63) is 81.9 Å². The molecule has 1 amide bonds. The Morgan fingerprint density at radius 2 is 1.73 bits per heavy atom. The SMILES string of the molecule is O=C(O)CCCC(=O)Nc1ccc([C@H]2O[C@@H](Cn3cnc(Cl)c3Cl)C[C@@H](c3ccc(CO)cc3)O2)cc1. The fourth-order valence-electron chi connectivity index (χ4n) is 4.07. The van der Waals surface area contributed by atoms with E-state index in [1.807, 2.05) is 36.4 Å². The number of carbonyl (C=O) groups is 2. The number of aliphatic carboxylic acids is 1. The predicted octanol–water partition coefficient (Wildman–Crippen LogP) is 5.12. The second-order valence-corrected chi connectivity index (χ2v) is 9.46. The van der Waals surface area contributed by atoms with Crippen molar-refractivity contribution in [2.75, 3.05) is 5.32 Å². The average Bonchev–Trinajstić information content (AvgIpc) is 3.21. The summed E-state index contributed by atoms with van der Waals surface area (Å²) in [5.74, 6) is -1.18. The molecule has 1 aromatic heterocycles. The number of nitrogens with one attached hydrogen (secondary N) is 1. The molecule has 0 saturated carbocycles. The first kappa shape index (κ1) is 27.1. The number of hydrogen-bond donors (Lipinski definition) is 3. The number of aliphatic hydroxyl groups excluding tert-OH is 1. The second kappa shape index (κ2) is 12.5. The molecule has 0 bridgehead atoms. The molecule has 4 rings (SSSR count). The molecule has 1 saturated heterocycles. The molecule has 0 unspecified atom stereocenters. The minimum atomic E-state index is -0.927. The predicted molar refractivity (Wildman–Crippen MR) is 137 cm³/mol. The lowest BCUT2D eigenvalue weighted by Crippen LogP contribution is -2.32.